The number of likely N-dealkylation sites (tertiary alicyclic amines) is 1. The molecule has 1 fully saturated rings. The van der Waals surface area contributed by atoms with Crippen molar-refractivity contribution in [1.82, 2.24) is 4.90 Å². The Morgan fingerprint density at radius 3 is 2.39 bits per heavy atom. The Bertz CT molecular complexity index is 1410. The van der Waals surface area contributed by atoms with E-state index in [2.05, 4.69) is 10.6 Å². The summed E-state index contributed by atoms with van der Waals surface area (Å²) in [6, 6.07) is 17.2. The maximum absolute atomic E-state index is 13.1. The first-order valence-corrected chi connectivity index (χ1v) is 13.5. The molecule has 3 N–H and O–H groups in total. The molecule has 4 rings (SSSR count). The predicted octanol–water partition coefficient (Wildman–Crippen LogP) is 4.32. The molecular formula is C26H26ClN3O5S. The van der Waals surface area contributed by atoms with E-state index in [1.165, 1.54) is 4.90 Å². The van der Waals surface area contributed by atoms with Crippen molar-refractivity contribution in [3.63, 3.8) is 0 Å². The van der Waals surface area contributed by atoms with E-state index in [0.29, 0.717) is 27.5 Å². The maximum atomic E-state index is 13.1. The molecule has 1 heterocycles. The monoisotopic (exact) mass is 527 g/mol. The Labute approximate surface area is 214 Å². The second kappa shape index (κ2) is 10.3. The lowest BCUT2D eigenvalue weighted by molar-refractivity contribution is -0.119. The van der Waals surface area contributed by atoms with Crippen LogP contribution >= 0.6 is 11.6 Å². The summed E-state index contributed by atoms with van der Waals surface area (Å²) in [6.45, 7) is 1.83. The minimum absolute atomic E-state index is 0.0255. The van der Waals surface area contributed by atoms with Crippen molar-refractivity contribution in [2.45, 2.75) is 30.4 Å². The van der Waals surface area contributed by atoms with E-state index in [0.717, 1.165) is 11.8 Å². The molecule has 0 aromatic heterocycles. The Morgan fingerprint density at radius 2 is 1.72 bits per heavy atom. The second-order valence-electron chi connectivity index (χ2n) is 8.78. The predicted molar refractivity (Wildman–Crippen MR) is 140 cm³/mol. The molecule has 0 aliphatic carbocycles. The van der Waals surface area contributed by atoms with Crippen LogP contribution in [0.4, 0.5) is 16.2 Å². The lowest BCUT2D eigenvalue weighted by Crippen LogP contribution is -2.45. The third kappa shape index (κ3) is 5.70. The number of hydrogen-bond donors (Lipinski definition) is 3. The minimum atomic E-state index is -3.42. The van der Waals surface area contributed by atoms with Crippen molar-refractivity contribution in [2.75, 3.05) is 23.4 Å². The van der Waals surface area contributed by atoms with Gasteiger partial charge in [-0.15, -0.1) is 0 Å². The van der Waals surface area contributed by atoms with Gasteiger partial charge in [-0.1, -0.05) is 35.9 Å². The minimum Gasteiger partial charge on any atom is -0.391 e. The largest absolute Gasteiger partial charge is 0.391 e. The average Bonchev–Trinajstić information content (AvgIpc) is 3.23. The number of nitrogens with zero attached hydrogens (tertiary/aromatic N) is 1. The fourth-order valence-corrected chi connectivity index (χ4v) is 5.27. The van der Waals surface area contributed by atoms with Gasteiger partial charge in [-0.25, -0.2) is 13.2 Å². The average molecular weight is 528 g/mol. The number of carbonyl (C=O) groups excluding carboxylic acids is 2. The van der Waals surface area contributed by atoms with E-state index in [1.54, 1.807) is 73.7 Å². The molecule has 3 aromatic carbocycles. The first-order chi connectivity index (χ1) is 17.0. The van der Waals surface area contributed by atoms with E-state index >= 15 is 0 Å². The lowest BCUT2D eigenvalue weighted by Gasteiger charge is -2.24. The maximum Gasteiger partial charge on any atom is 0.322 e. The molecule has 188 valence electrons. The van der Waals surface area contributed by atoms with Crippen LogP contribution in [-0.4, -0.2) is 55.3 Å². The smallest absolute Gasteiger partial charge is 0.322 e. The van der Waals surface area contributed by atoms with Crippen molar-refractivity contribution in [1.29, 1.82) is 0 Å². The van der Waals surface area contributed by atoms with Crippen LogP contribution in [0.2, 0.25) is 5.02 Å². The summed E-state index contributed by atoms with van der Waals surface area (Å²) < 4.78 is 24.4. The van der Waals surface area contributed by atoms with Crippen LogP contribution < -0.4 is 10.6 Å². The summed E-state index contributed by atoms with van der Waals surface area (Å²) in [5.41, 5.74) is 3.04. The third-order valence-corrected chi connectivity index (χ3v) is 7.43. The summed E-state index contributed by atoms with van der Waals surface area (Å²) in [6.07, 6.45) is 0.448. The van der Waals surface area contributed by atoms with Crippen LogP contribution in [0.5, 0.6) is 0 Å². The molecule has 0 radical (unpaired) electrons. The Balaban J connectivity index is 1.51. The van der Waals surface area contributed by atoms with Crippen molar-refractivity contribution in [3.8, 4) is 11.1 Å². The van der Waals surface area contributed by atoms with Gasteiger partial charge in [-0.2, -0.15) is 0 Å². The molecule has 0 saturated carbocycles. The van der Waals surface area contributed by atoms with Crippen LogP contribution in [0.25, 0.3) is 11.1 Å². The van der Waals surface area contributed by atoms with E-state index in [4.69, 9.17) is 11.6 Å². The van der Waals surface area contributed by atoms with Crippen LogP contribution in [0.1, 0.15) is 12.0 Å². The zero-order chi connectivity index (χ0) is 26.0. The number of hydrogen-bond acceptors (Lipinski definition) is 5. The van der Waals surface area contributed by atoms with Crippen LogP contribution in [-0.2, 0) is 14.6 Å². The quantitative estimate of drug-likeness (QED) is 0.457. The summed E-state index contributed by atoms with van der Waals surface area (Å²) in [5, 5.41) is 16.3. The number of nitrogens with one attached hydrogen (secondary N) is 2. The van der Waals surface area contributed by atoms with Gasteiger partial charge in [0.25, 0.3) is 0 Å². The molecule has 1 saturated heterocycles. The molecule has 0 bridgehead atoms. The van der Waals surface area contributed by atoms with Crippen molar-refractivity contribution < 1.29 is 23.1 Å². The molecule has 10 heteroatoms. The van der Waals surface area contributed by atoms with Crippen molar-refractivity contribution in [3.05, 3.63) is 77.3 Å². The summed E-state index contributed by atoms with van der Waals surface area (Å²) in [7, 11) is -3.42. The number of halogens is 1. The van der Waals surface area contributed by atoms with E-state index in [9.17, 15) is 23.1 Å². The van der Waals surface area contributed by atoms with Gasteiger partial charge >= 0.3 is 6.03 Å². The molecule has 1 aliphatic rings. The zero-order valence-corrected chi connectivity index (χ0v) is 21.3. The molecule has 8 nitrogen and oxygen atoms in total. The highest BCUT2D eigenvalue weighted by atomic mass is 35.5. The van der Waals surface area contributed by atoms with Gasteiger partial charge in [0.05, 0.1) is 11.0 Å². The number of rotatable bonds is 5. The number of urea groups is 1. The van der Waals surface area contributed by atoms with Crippen LogP contribution in [0.15, 0.2) is 71.6 Å². The normalized spacial score (nSPS) is 17.6. The van der Waals surface area contributed by atoms with Gasteiger partial charge in [0.15, 0.2) is 9.84 Å². The van der Waals surface area contributed by atoms with E-state index in [-0.39, 0.29) is 17.9 Å². The molecule has 3 amide bonds. The number of benzene rings is 3. The highest BCUT2D eigenvalue weighted by molar-refractivity contribution is 7.90. The number of aliphatic hydroxyl groups excluding tert-OH is 1. The molecule has 1 aliphatic heterocycles. The number of anilines is 2. The molecule has 3 aromatic rings. The standard InChI is InChI=1S/C26H26ClN3O5S/c1-16-13-17(21-5-3-4-6-24(21)36(2,34)35)7-12-22(16)29-25(32)23-14-20(31)15-30(23)26(33)28-19-10-8-18(27)9-11-19/h3-13,20,23,31H,14-15H2,1-2H3,(H,28,33)(H,29,32)/t20-,23-/m1/s1. The van der Waals surface area contributed by atoms with Crippen LogP contribution in [0.3, 0.4) is 0 Å². The van der Waals surface area contributed by atoms with Gasteiger partial charge in [0, 0.05) is 41.2 Å². The number of carbonyl (C=O) groups is 2. The molecule has 0 unspecified atom stereocenters. The SMILES string of the molecule is Cc1cc(-c2ccccc2S(C)(=O)=O)ccc1NC(=O)[C@H]1C[C@@H](O)CN1C(=O)Nc1ccc(Cl)cc1. The first-order valence-electron chi connectivity index (χ1n) is 11.2. The fourth-order valence-electron chi connectivity index (χ4n) is 4.23. The Kier molecular flexibility index (Phi) is 7.35. The summed E-state index contributed by atoms with van der Waals surface area (Å²) >= 11 is 5.89. The van der Waals surface area contributed by atoms with Crippen molar-refractivity contribution in [2.24, 2.45) is 0 Å². The highest BCUT2D eigenvalue weighted by Gasteiger charge is 2.39. The lowest BCUT2D eigenvalue weighted by atomic mass is 10.0. The highest BCUT2D eigenvalue weighted by Crippen LogP contribution is 2.31. The first kappa shape index (κ1) is 25.7. The molecule has 36 heavy (non-hydrogen) atoms. The number of sulfone groups is 1. The summed E-state index contributed by atoms with van der Waals surface area (Å²) in [4.78, 5) is 27.5. The second-order valence-corrected chi connectivity index (χ2v) is 11.2. The van der Waals surface area contributed by atoms with Gasteiger partial charge in [-0.05, 0) is 60.5 Å². The van der Waals surface area contributed by atoms with Crippen LogP contribution in [0, 0.1) is 6.92 Å². The number of aryl methyl sites for hydroxylation is 1. The third-order valence-electron chi connectivity index (χ3n) is 6.02. The topological polar surface area (TPSA) is 116 Å². The molecular weight excluding hydrogens is 502 g/mol. The number of aliphatic hydroxyl groups is 1. The molecule has 0 spiro atoms. The van der Waals surface area contributed by atoms with Gasteiger partial charge in [-0.3, -0.25) is 4.79 Å². The number of β-amino-alcohol motifs (C(OH)–C–C–N with tert-alkyl or cyclic N) is 1. The van der Waals surface area contributed by atoms with E-state index < -0.39 is 33.9 Å². The van der Waals surface area contributed by atoms with Gasteiger partial charge < -0.3 is 20.6 Å². The zero-order valence-electron chi connectivity index (χ0n) is 19.7. The number of amides is 3. The van der Waals surface area contributed by atoms with Crippen molar-refractivity contribution >= 4 is 44.8 Å². The molecule has 2 atom stereocenters. The fraction of sp³-hybridized carbons (Fsp3) is 0.231. The van der Waals surface area contributed by atoms with Gasteiger partial charge in [0.1, 0.15) is 6.04 Å². The summed E-state index contributed by atoms with van der Waals surface area (Å²) in [5.74, 6) is -0.426. The Hall–Kier alpha value is -3.40. The van der Waals surface area contributed by atoms with E-state index in [1.807, 2.05) is 0 Å². The Morgan fingerprint density at radius 1 is 1.03 bits per heavy atom. The van der Waals surface area contributed by atoms with Gasteiger partial charge in [0.2, 0.25) is 5.91 Å².